The number of piperidine rings is 1. The topological polar surface area (TPSA) is 68.2 Å². The van der Waals surface area contributed by atoms with E-state index in [1.165, 1.54) is 23.1 Å². The maximum Gasteiger partial charge on any atom is 0.254 e. The average Bonchev–Trinajstić information content (AvgIpc) is 3.23. The molecule has 1 unspecified atom stereocenters. The quantitative estimate of drug-likeness (QED) is 0.722. The molecule has 1 fully saturated rings. The molecule has 2 aromatic heterocycles. The highest BCUT2D eigenvalue weighted by Gasteiger charge is 2.30. The predicted octanol–water partition coefficient (Wildman–Crippen LogP) is 3.74. The van der Waals surface area contributed by atoms with Crippen LogP contribution in [0.1, 0.15) is 41.0 Å². The van der Waals surface area contributed by atoms with Crippen molar-refractivity contribution < 1.29 is 13.9 Å². The van der Waals surface area contributed by atoms with E-state index >= 15 is 4.39 Å². The Bertz CT molecular complexity index is 788. The summed E-state index contributed by atoms with van der Waals surface area (Å²) in [6.45, 7) is 4.02. The van der Waals surface area contributed by atoms with Crippen molar-refractivity contribution in [2.24, 2.45) is 5.92 Å². The predicted molar refractivity (Wildman–Crippen MR) is 105 cm³/mol. The van der Waals surface area contributed by atoms with Crippen molar-refractivity contribution in [3.63, 3.8) is 0 Å². The van der Waals surface area contributed by atoms with E-state index in [1.54, 1.807) is 13.0 Å². The Labute approximate surface area is 167 Å². The molecular weight excluding hydrogens is 391 g/mol. The Balaban J connectivity index is 1.89. The summed E-state index contributed by atoms with van der Waals surface area (Å²) in [5.41, 5.74) is 0.362. The number of halogens is 2. The van der Waals surface area contributed by atoms with Crippen LogP contribution in [-0.4, -0.2) is 42.5 Å². The molecule has 0 spiro atoms. The molecule has 27 heavy (non-hydrogen) atoms. The van der Waals surface area contributed by atoms with E-state index in [4.69, 9.17) is 16.3 Å². The number of nitrogens with zero attached hydrogens (tertiary/aromatic N) is 2. The Hall–Kier alpha value is -1.48. The Morgan fingerprint density at radius 1 is 1.52 bits per heavy atom. The first-order valence-electron chi connectivity index (χ1n) is 9.01. The minimum absolute atomic E-state index is 0.00904. The first kappa shape index (κ1) is 20.3. The normalized spacial score (nSPS) is 16.4. The van der Waals surface area contributed by atoms with Crippen molar-refractivity contribution in [3.8, 4) is 0 Å². The number of carbonyl (C=O) groups excluding carboxylic acids is 1. The van der Waals surface area contributed by atoms with Gasteiger partial charge in [-0.25, -0.2) is 4.39 Å². The first-order chi connectivity index (χ1) is 13.0. The minimum Gasteiger partial charge on any atom is -0.384 e. The maximum absolute atomic E-state index is 15.2. The Kier molecular flexibility index (Phi) is 6.86. The fourth-order valence-electron chi connectivity index (χ4n) is 3.23. The number of ether oxygens (including phenoxy) is 1. The maximum atomic E-state index is 15.2. The van der Waals surface area contributed by atoms with Gasteiger partial charge in [0.25, 0.3) is 5.91 Å². The van der Waals surface area contributed by atoms with Gasteiger partial charge in [-0.15, -0.1) is 11.3 Å². The second-order valence-electron chi connectivity index (χ2n) is 6.74. The summed E-state index contributed by atoms with van der Waals surface area (Å²) in [5, 5.41) is 10.7. The lowest BCUT2D eigenvalue weighted by molar-refractivity contribution is 0.0729. The van der Waals surface area contributed by atoms with Gasteiger partial charge in [-0.05, 0) is 38.1 Å². The van der Waals surface area contributed by atoms with Gasteiger partial charge in [-0.2, -0.15) is 9.78 Å². The second-order valence-corrected chi connectivity index (χ2v) is 8.54. The summed E-state index contributed by atoms with van der Waals surface area (Å²) in [7, 11) is 1.54. The second kappa shape index (κ2) is 9.14. The smallest absolute Gasteiger partial charge is 0.254 e. The number of hydrogen-bond donors (Lipinski definition) is 2. The number of aromatic nitrogens is 2. The largest absolute Gasteiger partial charge is 0.384 e. The summed E-state index contributed by atoms with van der Waals surface area (Å²) in [6, 6.07) is 3.67. The molecule has 1 aliphatic heterocycles. The third kappa shape index (κ3) is 4.68. The number of hydrogen-bond acceptors (Lipinski definition) is 6. The summed E-state index contributed by atoms with van der Waals surface area (Å²) >= 11 is 7.38. The van der Waals surface area contributed by atoms with E-state index in [0.29, 0.717) is 16.6 Å². The molecule has 1 aliphatic rings. The lowest BCUT2D eigenvalue weighted by atomic mass is 9.94. The third-order valence-electron chi connectivity index (χ3n) is 4.68. The van der Waals surface area contributed by atoms with Crippen LogP contribution < -0.4 is 10.6 Å². The van der Waals surface area contributed by atoms with Crippen LogP contribution in [0.25, 0.3) is 0 Å². The first-order valence-corrected chi connectivity index (χ1v) is 10.2. The average molecular weight is 415 g/mol. The SMILES string of the molecule is COCC(C)C(=O)n1nc(C2CCNCC2)c(F)c1NCc1ccc(Cl)s1. The highest BCUT2D eigenvalue weighted by molar-refractivity contribution is 7.16. The van der Waals surface area contributed by atoms with Crippen molar-refractivity contribution in [2.75, 3.05) is 32.1 Å². The van der Waals surface area contributed by atoms with Crippen LogP contribution in [0.3, 0.4) is 0 Å². The van der Waals surface area contributed by atoms with E-state index in [1.807, 2.05) is 6.07 Å². The number of anilines is 1. The van der Waals surface area contributed by atoms with Crippen LogP contribution in [0.2, 0.25) is 4.34 Å². The zero-order chi connectivity index (χ0) is 19.4. The zero-order valence-corrected chi connectivity index (χ0v) is 17.0. The molecule has 0 radical (unpaired) electrons. The highest BCUT2D eigenvalue weighted by atomic mass is 35.5. The summed E-state index contributed by atoms with van der Waals surface area (Å²) < 4.78 is 22.1. The van der Waals surface area contributed by atoms with Crippen LogP contribution in [0, 0.1) is 11.7 Å². The van der Waals surface area contributed by atoms with Crippen molar-refractivity contribution in [1.82, 2.24) is 15.1 Å². The molecule has 6 nitrogen and oxygen atoms in total. The molecule has 0 amide bonds. The molecule has 3 rings (SSSR count). The number of carbonyl (C=O) groups is 1. The molecule has 2 N–H and O–H groups in total. The van der Waals surface area contributed by atoms with Gasteiger partial charge >= 0.3 is 0 Å². The molecular formula is C18H24ClFN4O2S. The van der Waals surface area contributed by atoms with Gasteiger partial charge in [0.05, 0.1) is 23.4 Å². The third-order valence-corrected chi connectivity index (χ3v) is 5.92. The molecule has 0 aliphatic carbocycles. The van der Waals surface area contributed by atoms with Gasteiger partial charge in [-0.1, -0.05) is 18.5 Å². The fraction of sp³-hybridized carbons (Fsp3) is 0.556. The van der Waals surface area contributed by atoms with E-state index in [9.17, 15) is 4.79 Å². The van der Waals surface area contributed by atoms with Gasteiger partial charge in [-0.3, -0.25) is 4.79 Å². The molecule has 0 saturated carbocycles. The number of methoxy groups -OCH3 is 1. The van der Waals surface area contributed by atoms with Crippen molar-refractivity contribution in [1.29, 1.82) is 0 Å². The molecule has 9 heteroatoms. The van der Waals surface area contributed by atoms with Gasteiger partial charge in [0.1, 0.15) is 5.69 Å². The van der Waals surface area contributed by atoms with E-state index in [2.05, 4.69) is 15.7 Å². The van der Waals surface area contributed by atoms with Crippen LogP contribution >= 0.6 is 22.9 Å². The van der Waals surface area contributed by atoms with Crippen molar-refractivity contribution >= 4 is 34.7 Å². The molecule has 2 aromatic rings. The van der Waals surface area contributed by atoms with Crippen LogP contribution in [0.15, 0.2) is 12.1 Å². The van der Waals surface area contributed by atoms with Gasteiger partial charge in [0.15, 0.2) is 11.6 Å². The van der Waals surface area contributed by atoms with Crippen LogP contribution in [0.4, 0.5) is 10.2 Å². The molecule has 148 valence electrons. The Morgan fingerprint density at radius 3 is 2.89 bits per heavy atom. The summed E-state index contributed by atoms with van der Waals surface area (Å²) in [6.07, 6.45) is 1.60. The Morgan fingerprint density at radius 2 is 2.26 bits per heavy atom. The summed E-state index contributed by atoms with van der Waals surface area (Å²) in [5.74, 6) is -1.03. The fourth-order valence-corrected chi connectivity index (χ4v) is 4.26. The summed E-state index contributed by atoms with van der Waals surface area (Å²) in [4.78, 5) is 13.8. The lowest BCUT2D eigenvalue weighted by Gasteiger charge is -2.20. The molecule has 0 bridgehead atoms. The van der Waals surface area contributed by atoms with Crippen LogP contribution in [0.5, 0.6) is 0 Å². The standard InChI is InChI=1S/C18H24ClFN4O2S/c1-11(10-26-2)18(25)24-17(22-9-13-3-4-14(19)27-13)15(20)16(23-24)12-5-7-21-8-6-12/h3-4,11-12,21-22H,5-10H2,1-2H3. The number of nitrogens with one attached hydrogen (secondary N) is 2. The van der Waals surface area contributed by atoms with Crippen molar-refractivity contribution in [3.05, 3.63) is 32.9 Å². The highest BCUT2D eigenvalue weighted by Crippen LogP contribution is 2.31. The van der Waals surface area contributed by atoms with Crippen LogP contribution in [-0.2, 0) is 11.3 Å². The van der Waals surface area contributed by atoms with E-state index < -0.39 is 11.7 Å². The molecule has 1 atom stereocenters. The molecule has 3 heterocycles. The minimum atomic E-state index is -0.442. The van der Waals surface area contributed by atoms with Crippen molar-refractivity contribution in [2.45, 2.75) is 32.2 Å². The van der Waals surface area contributed by atoms with E-state index in [0.717, 1.165) is 30.8 Å². The lowest BCUT2D eigenvalue weighted by Crippen LogP contribution is -2.28. The van der Waals surface area contributed by atoms with Gasteiger partial charge in [0, 0.05) is 17.9 Å². The number of thiophene rings is 1. The molecule has 0 aromatic carbocycles. The molecule has 1 saturated heterocycles. The zero-order valence-electron chi connectivity index (χ0n) is 15.4. The van der Waals surface area contributed by atoms with Gasteiger partial charge < -0.3 is 15.4 Å². The monoisotopic (exact) mass is 414 g/mol. The van der Waals surface area contributed by atoms with Gasteiger partial charge in [0.2, 0.25) is 0 Å². The number of rotatable bonds is 7. The van der Waals surface area contributed by atoms with E-state index in [-0.39, 0.29) is 24.2 Å².